The van der Waals surface area contributed by atoms with Crippen molar-refractivity contribution in [1.29, 1.82) is 0 Å². The Balaban J connectivity index is 1.50. The third-order valence-electron chi connectivity index (χ3n) is 4.87. The highest BCUT2D eigenvalue weighted by atomic mass is 32.2. The molecule has 0 saturated carbocycles. The summed E-state index contributed by atoms with van der Waals surface area (Å²) < 4.78 is 25.8. The van der Waals surface area contributed by atoms with Gasteiger partial charge in [0.15, 0.2) is 0 Å². The molecule has 1 amide bonds. The van der Waals surface area contributed by atoms with Crippen molar-refractivity contribution in [2.24, 2.45) is 0 Å². The van der Waals surface area contributed by atoms with E-state index in [1.54, 1.807) is 4.31 Å². The second-order valence-electron chi connectivity index (χ2n) is 7.24. The van der Waals surface area contributed by atoms with Crippen LogP contribution in [0.25, 0.3) is 10.6 Å². The van der Waals surface area contributed by atoms with Gasteiger partial charge in [0, 0.05) is 30.1 Å². The van der Waals surface area contributed by atoms with Gasteiger partial charge in [-0.05, 0) is 26.2 Å². The lowest BCUT2D eigenvalue weighted by atomic mass is 10.1. The molecule has 3 rings (SSSR count). The SMILES string of the molecule is CCCS(=O)(=O)N1CCC(NC(=O)Cc2csc(-c3ccc(C)cc3)n2)CC1. The highest BCUT2D eigenvalue weighted by Crippen LogP contribution is 2.24. The van der Waals surface area contributed by atoms with E-state index in [2.05, 4.69) is 22.4 Å². The Hall–Kier alpha value is -1.77. The van der Waals surface area contributed by atoms with Gasteiger partial charge >= 0.3 is 0 Å². The largest absolute Gasteiger partial charge is 0.353 e. The minimum Gasteiger partial charge on any atom is -0.353 e. The molecule has 1 aromatic carbocycles. The minimum atomic E-state index is -3.15. The average molecular weight is 422 g/mol. The number of sulfonamides is 1. The van der Waals surface area contributed by atoms with Gasteiger partial charge in [0.05, 0.1) is 17.9 Å². The molecule has 0 unspecified atom stereocenters. The molecule has 0 aliphatic carbocycles. The van der Waals surface area contributed by atoms with Crippen LogP contribution in [-0.2, 0) is 21.2 Å². The molecule has 1 saturated heterocycles. The first-order chi connectivity index (χ1) is 13.4. The van der Waals surface area contributed by atoms with E-state index in [4.69, 9.17) is 0 Å². The van der Waals surface area contributed by atoms with Crippen LogP contribution in [0.5, 0.6) is 0 Å². The topological polar surface area (TPSA) is 79.4 Å². The van der Waals surface area contributed by atoms with Crippen molar-refractivity contribution in [3.05, 3.63) is 40.9 Å². The Morgan fingerprint density at radius 1 is 1.25 bits per heavy atom. The summed E-state index contributed by atoms with van der Waals surface area (Å²) in [7, 11) is -3.15. The Kier molecular flexibility index (Phi) is 6.85. The van der Waals surface area contributed by atoms with E-state index in [0.29, 0.717) is 32.4 Å². The Labute approximate surface area is 171 Å². The molecule has 152 valence electrons. The molecule has 28 heavy (non-hydrogen) atoms. The minimum absolute atomic E-state index is 0.0239. The highest BCUT2D eigenvalue weighted by molar-refractivity contribution is 7.89. The van der Waals surface area contributed by atoms with E-state index in [-0.39, 0.29) is 24.1 Å². The van der Waals surface area contributed by atoms with Gasteiger partial charge in [-0.3, -0.25) is 4.79 Å². The Bertz CT molecular complexity index is 899. The molecule has 1 N–H and O–H groups in total. The van der Waals surface area contributed by atoms with Crippen LogP contribution in [0.15, 0.2) is 29.6 Å². The molecule has 8 heteroatoms. The first-order valence-electron chi connectivity index (χ1n) is 9.66. The monoisotopic (exact) mass is 421 g/mol. The summed E-state index contributed by atoms with van der Waals surface area (Å²) in [4.78, 5) is 17.0. The number of piperidine rings is 1. The molecule has 0 atom stereocenters. The summed E-state index contributed by atoms with van der Waals surface area (Å²) >= 11 is 1.54. The number of aryl methyl sites for hydroxylation is 1. The summed E-state index contributed by atoms with van der Waals surface area (Å²) in [5.74, 6) is 0.132. The second kappa shape index (κ2) is 9.15. The van der Waals surface area contributed by atoms with Gasteiger partial charge in [0.2, 0.25) is 15.9 Å². The zero-order valence-electron chi connectivity index (χ0n) is 16.3. The van der Waals surface area contributed by atoms with Crippen LogP contribution in [-0.4, -0.2) is 48.5 Å². The molecule has 6 nitrogen and oxygen atoms in total. The van der Waals surface area contributed by atoms with Crippen LogP contribution in [0.2, 0.25) is 0 Å². The summed E-state index contributed by atoms with van der Waals surface area (Å²) in [5, 5.41) is 5.87. The van der Waals surface area contributed by atoms with E-state index >= 15 is 0 Å². The maximum Gasteiger partial charge on any atom is 0.226 e. The molecule has 0 spiro atoms. The lowest BCUT2D eigenvalue weighted by Gasteiger charge is -2.31. The maximum absolute atomic E-state index is 12.4. The standard InChI is InChI=1S/C20H27N3O3S2/c1-3-12-28(25,26)23-10-8-17(9-11-23)21-19(24)13-18-14-27-20(22-18)16-6-4-15(2)5-7-16/h4-7,14,17H,3,8-13H2,1-2H3,(H,21,24). The fourth-order valence-corrected chi connectivity index (χ4v) is 5.69. The van der Waals surface area contributed by atoms with Crippen molar-refractivity contribution in [1.82, 2.24) is 14.6 Å². The number of aromatic nitrogens is 1. The zero-order chi connectivity index (χ0) is 20.1. The fourth-order valence-electron chi connectivity index (χ4n) is 3.33. The summed E-state index contributed by atoms with van der Waals surface area (Å²) in [6.45, 7) is 4.86. The highest BCUT2D eigenvalue weighted by Gasteiger charge is 2.28. The van der Waals surface area contributed by atoms with E-state index in [1.807, 2.05) is 31.4 Å². The van der Waals surface area contributed by atoms with Crippen molar-refractivity contribution in [3.63, 3.8) is 0 Å². The number of carbonyl (C=O) groups is 1. The van der Waals surface area contributed by atoms with Crippen LogP contribution in [0.3, 0.4) is 0 Å². The molecule has 2 heterocycles. The Morgan fingerprint density at radius 2 is 1.93 bits per heavy atom. The number of carbonyl (C=O) groups excluding carboxylic acids is 1. The van der Waals surface area contributed by atoms with Crippen molar-refractivity contribution >= 4 is 27.3 Å². The van der Waals surface area contributed by atoms with Crippen LogP contribution in [0.4, 0.5) is 0 Å². The smallest absolute Gasteiger partial charge is 0.226 e. The molecule has 1 aromatic heterocycles. The molecular formula is C20H27N3O3S2. The predicted octanol–water partition coefficient (Wildman–Crippen LogP) is 2.98. The van der Waals surface area contributed by atoms with Crippen molar-refractivity contribution in [3.8, 4) is 10.6 Å². The van der Waals surface area contributed by atoms with Gasteiger partial charge in [0.1, 0.15) is 5.01 Å². The van der Waals surface area contributed by atoms with Crippen molar-refractivity contribution in [2.45, 2.75) is 45.6 Å². The number of hydrogen-bond acceptors (Lipinski definition) is 5. The summed E-state index contributed by atoms with van der Waals surface area (Å²) in [6.07, 6.45) is 2.18. The van der Waals surface area contributed by atoms with Gasteiger partial charge < -0.3 is 5.32 Å². The quantitative estimate of drug-likeness (QED) is 0.745. The Morgan fingerprint density at radius 3 is 2.57 bits per heavy atom. The lowest BCUT2D eigenvalue weighted by molar-refractivity contribution is -0.121. The van der Waals surface area contributed by atoms with Gasteiger partial charge in [-0.1, -0.05) is 36.8 Å². The van der Waals surface area contributed by atoms with E-state index in [1.165, 1.54) is 16.9 Å². The molecule has 2 aromatic rings. The van der Waals surface area contributed by atoms with Crippen LogP contribution in [0.1, 0.15) is 37.4 Å². The van der Waals surface area contributed by atoms with Gasteiger partial charge in [0.25, 0.3) is 0 Å². The average Bonchev–Trinajstić information content (AvgIpc) is 3.11. The third-order valence-corrected chi connectivity index (χ3v) is 7.88. The second-order valence-corrected chi connectivity index (χ2v) is 10.2. The van der Waals surface area contributed by atoms with Crippen LogP contribution >= 0.6 is 11.3 Å². The molecule has 1 fully saturated rings. The lowest BCUT2D eigenvalue weighted by Crippen LogP contribution is -2.47. The third kappa shape index (κ3) is 5.40. The first kappa shape index (κ1) is 21.0. The molecular weight excluding hydrogens is 394 g/mol. The zero-order valence-corrected chi connectivity index (χ0v) is 18.0. The number of nitrogens with one attached hydrogen (secondary N) is 1. The molecule has 1 aliphatic rings. The number of hydrogen-bond donors (Lipinski definition) is 1. The predicted molar refractivity (Wildman–Crippen MR) is 113 cm³/mol. The van der Waals surface area contributed by atoms with Crippen LogP contribution < -0.4 is 5.32 Å². The fraction of sp³-hybridized carbons (Fsp3) is 0.500. The molecule has 0 radical (unpaired) electrons. The number of thiazole rings is 1. The number of benzene rings is 1. The van der Waals surface area contributed by atoms with Gasteiger partial charge in [-0.2, -0.15) is 0 Å². The summed E-state index contributed by atoms with van der Waals surface area (Å²) in [6, 6.07) is 8.21. The van der Waals surface area contributed by atoms with E-state index in [9.17, 15) is 13.2 Å². The number of amides is 1. The van der Waals surface area contributed by atoms with Crippen molar-refractivity contribution < 1.29 is 13.2 Å². The van der Waals surface area contributed by atoms with Gasteiger partial charge in [-0.15, -0.1) is 11.3 Å². The van der Waals surface area contributed by atoms with Crippen molar-refractivity contribution in [2.75, 3.05) is 18.8 Å². The molecule has 0 bridgehead atoms. The number of rotatable bonds is 7. The van der Waals surface area contributed by atoms with Gasteiger partial charge in [-0.25, -0.2) is 17.7 Å². The molecule has 1 aliphatic heterocycles. The first-order valence-corrected chi connectivity index (χ1v) is 12.1. The van der Waals surface area contributed by atoms with Crippen LogP contribution in [0, 0.1) is 6.92 Å². The summed E-state index contributed by atoms with van der Waals surface area (Å²) in [5.41, 5.74) is 3.03. The van der Waals surface area contributed by atoms with E-state index < -0.39 is 10.0 Å². The van der Waals surface area contributed by atoms with E-state index in [0.717, 1.165) is 16.3 Å². The normalized spacial score (nSPS) is 16.2. The number of nitrogens with zero attached hydrogens (tertiary/aromatic N) is 2. The maximum atomic E-state index is 12.4.